The van der Waals surface area contributed by atoms with Gasteiger partial charge in [0.2, 0.25) is 15.9 Å². The Morgan fingerprint density at radius 3 is 2.33 bits per heavy atom. The summed E-state index contributed by atoms with van der Waals surface area (Å²) >= 11 is 0. The number of hydrogen-bond donors (Lipinski definition) is 4. The Morgan fingerprint density at radius 2 is 1.64 bits per heavy atom. The number of sulfonamides is 1. The van der Waals surface area contributed by atoms with E-state index in [1.54, 1.807) is 18.3 Å². The Labute approximate surface area is 241 Å². The molecule has 4 N–H and O–H groups in total. The molecule has 1 heterocycles. The molecule has 4 aromatic rings. The van der Waals surface area contributed by atoms with E-state index in [-0.39, 0.29) is 30.0 Å². The van der Waals surface area contributed by atoms with E-state index in [1.807, 2.05) is 24.3 Å². The van der Waals surface area contributed by atoms with Gasteiger partial charge in [0.1, 0.15) is 11.8 Å². The highest BCUT2D eigenvalue weighted by molar-refractivity contribution is 7.89. The first-order valence-corrected chi connectivity index (χ1v) is 15.8. The molecule has 0 radical (unpaired) electrons. The van der Waals surface area contributed by atoms with Crippen LogP contribution in [0.3, 0.4) is 0 Å². The monoisotopic (exact) mass is 619 g/mol. The van der Waals surface area contributed by atoms with Gasteiger partial charge in [-0.25, -0.2) is 8.42 Å². The standard InChI is InChI=1S/C28H28F2N3O7PS/c29-28(30,41(35,36)37)21-13-11-20(12-14-21)19-25(33-42(38,39)22-7-2-1-3-8-22)27(34)32-16-6-18-40-26-15-17-31-24-10-5-4-9-23(24)26/h1-5,7-15,17,25,33H,6,16,18-19H2,(H,32,34)(H2,35,36,37). The number of rotatable bonds is 13. The van der Waals surface area contributed by atoms with E-state index in [9.17, 15) is 26.6 Å². The molecule has 0 fully saturated rings. The number of nitrogens with zero attached hydrogens (tertiary/aromatic N) is 1. The summed E-state index contributed by atoms with van der Waals surface area (Å²) in [5.74, 6) is -0.0262. The third-order valence-electron chi connectivity index (χ3n) is 6.26. The third-order valence-corrected chi connectivity index (χ3v) is 8.74. The quantitative estimate of drug-likeness (QED) is 0.130. The van der Waals surface area contributed by atoms with Crippen LogP contribution in [0.2, 0.25) is 0 Å². The molecule has 1 aromatic heterocycles. The molecule has 1 atom stereocenters. The summed E-state index contributed by atoms with van der Waals surface area (Å²) in [6.45, 7) is 0.406. The van der Waals surface area contributed by atoms with Crippen LogP contribution in [0.1, 0.15) is 17.5 Å². The fourth-order valence-corrected chi connectivity index (χ4v) is 5.77. The summed E-state index contributed by atoms with van der Waals surface area (Å²) < 4.78 is 73.4. The molecule has 3 aromatic carbocycles. The molecule has 0 aliphatic rings. The minimum Gasteiger partial charge on any atom is -0.493 e. The number of ether oxygens (including phenoxy) is 1. The highest BCUT2D eigenvalue weighted by Crippen LogP contribution is 2.59. The van der Waals surface area contributed by atoms with Crippen molar-refractivity contribution < 1.29 is 41.1 Å². The van der Waals surface area contributed by atoms with Crippen LogP contribution < -0.4 is 14.8 Å². The maximum atomic E-state index is 14.1. The molecular weight excluding hydrogens is 591 g/mol. The van der Waals surface area contributed by atoms with Gasteiger partial charge in [0.15, 0.2) is 0 Å². The first kappa shape index (κ1) is 31.2. The molecule has 0 saturated carbocycles. The zero-order chi connectivity index (χ0) is 30.4. The number of hydrogen-bond acceptors (Lipinski definition) is 6. The molecule has 1 unspecified atom stereocenters. The number of halogens is 2. The van der Waals surface area contributed by atoms with Gasteiger partial charge in [-0.2, -0.15) is 13.5 Å². The lowest BCUT2D eigenvalue weighted by atomic mass is 10.0. The number of para-hydroxylation sites is 1. The third kappa shape index (κ3) is 7.55. The molecular formula is C28H28F2N3O7PS. The summed E-state index contributed by atoms with van der Waals surface area (Å²) in [6.07, 6.45) is 1.80. The predicted molar refractivity (Wildman–Crippen MR) is 152 cm³/mol. The fourth-order valence-electron chi connectivity index (χ4n) is 4.07. The highest BCUT2D eigenvalue weighted by Gasteiger charge is 2.50. The molecule has 10 nitrogen and oxygen atoms in total. The van der Waals surface area contributed by atoms with Crippen molar-refractivity contribution in [2.75, 3.05) is 13.2 Å². The van der Waals surface area contributed by atoms with E-state index in [0.717, 1.165) is 35.2 Å². The van der Waals surface area contributed by atoms with Crippen LogP contribution in [-0.4, -0.2) is 48.3 Å². The van der Waals surface area contributed by atoms with E-state index in [2.05, 4.69) is 15.0 Å². The molecule has 4 rings (SSSR count). The van der Waals surface area contributed by atoms with Crippen LogP contribution in [0.5, 0.6) is 5.75 Å². The van der Waals surface area contributed by atoms with Crippen molar-refractivity contribution in [2.24, 2.45) is 0 Å². The second kappa shape index (κ2) is 13.1. The second-order valence-corrected chi connectivity index (χ2v) is 12.7. The number of carbonyl (C=O) groups is 1. The first-order chi connectivity index (χ1) is 19.9. The number of pyridine rings is 1. The molecule has 0 spiro atoms. The van der Waals surface area contributed by atoms with Crippen LogP contribution in [0.4, 0.5) is 8.78 Å². The van der Waals surface area contributed by atoms with E-state index in [4.69, 9.17) is 14.5 Å². The van der Waals surface area contributed by atoms with E-state index >= 15 is 0 Å². The van der Waals surface area contributed by atoms with Crippen LogP contribution in [-0.2, 0) is 31.5 Å². The zero-order valence-corrected chi connectivity index (χ0v) is 23.8. The lowest BCUT2D eigenvalue weighted by molar-refractivity contribution is -0.122. The number of amides is 1. The van der Waals surface area contributed by atoms with Gasteiger partial charge in [-0.3, -0.25) is 14.3 Å². The van der Waals surface area contributed by atoms with Gasteiger partial charge in [0.05, 0.1) is 17.0 Å². The van der Waals surface area contributed by atoms with Crippen LogP contribution in [0.25, 0.3) is 10.9 Å². The van der Waals surface area contributed by atoms with Gasteiger partial charge in [0.25, 0.3) is 0 Å². The second-order valence-electron chi connectivity index (χ2n) is 9.29. The summed E-state index contributed by atoms with van der Waals surface area (Å²) in [4.78, 5) is 35.3. The Balaban J connectivity index is 1.43. The van der Waals surface area contributed by atoms with E-state index < -0.39 is 40.8 Å². The smallest absolute Gasteiger partial charge is 0.399 e. The van der Waals surface area contributed by atoms with Gasteiger partial charge in [-0.1, -0.05) is 54.6 Å². The minimum atomic E-state index is -5.76. The molecule has 0 aliphatic carbocycles. The molecule has 0 bridgehead atoms. The Morgan fingerprint density at radius 1 is 0.976 bits per heavy atom. The normalized spacial score (nSPS) is 13.0. The van der Waals surface area contributed by atoms with Crippen molar-refractivity contribution in [1.82, 2.24) is 15.0 Å². The maximum absolute atomic E-state index is 14.1. The van der Waals surface area contributed by atoms with Gasteiger partial charge in [-0.05, 0) is 48.7 Å². The van der Waals surface area contributed by atoms with Gasteiger partial charge < -0.3 is 19.8 Å². The number of carbonyl (C=O) groups excluding carboxylic acids is 1. The number of aromatic nitrogens is 1. The Bertz CT molecular complexity index is 1680. The Kier molecular flexibility index (Phi) is 9.70. The molecule has 0 aliphatic heterocycles. The lowest BCUT2D eigenvalue weighted by Gasteiger charge is -2.20. The summed E-state index contributed by atoms with van der Waals surface area (Å²) in [5.41, 5.74) is -4.26. The number of benzene rings is 3. The van der Waals surface area contributed by atoms with Gasteiger partial charge in [-0.15, -0.1) is 0 Å². The van der Waals surface area contributed by atoms with Crippen molar-refractivity contribution in [3.63, 3.8) is 0 Å². The number of alkyl halides is 2. The molecule has 0 saturated heterocycles. The van der Waals surface area contributed by atoms with Crippen LogP contribution in [0.15, 0.2) is 96.0 Å². The van der Waals surface area contributed by atoms with Gasteiger partial charge >= 0.3 is 13.3 Å². The maximum Gasteiger partial charge on any atom is 0.399 e. The fraction of sp³-hybridized carbons (Fsp3) is 0.214. The average molecular weight is 620 g/mol. The van der Waals surface area contributed by atoms with Crippen molar-refractivity contribution in [3.05, 3.63) is 102 Å². The zero-order valence-electron chi connectivity index (χ0n) is 22.1. The van der Waals surface area contributed by atoms with Gasteiger partial charge in [0, 0.05) is 23.7 Å². The summed E-state index contributed by atoms with van der Waals surface area (Å²) in [7, 11) is -9.90. The number of fused-ring (bicyclic) bond motifs is 1. The van der Waals surface area contributed by atoms with Crippen molar-refractivity contribution in [2.45, 2.75) is 29.4 Å². The Hall–Kier alpha value is -3.74. The molecule has 222 valence electrons. The predicted octanol–water partition coefficient (Wildman–Crippen LogP) is 3.94. The topological polar surface area (TPSA) is 155 Å². The van der Waals surface area contributed by atoms with Crippen molar-refractivity contribution in [1.29, 1.82) is 0 Å². The highest BCUT2D eigenvalue weighted by atomic mass is 32.2. The summed E-state index contributed by atoms with van der Waals surface area (Å²) in [6, 6.07) is 19.2. The molecule has 42 heavy (non-hydrogen) atoms. The van der Waals surface area contributed by atoms with Crippen molar-refractivity contribution in [3.8, 4) is 5.75 Å². The van der Waals surface area contributed by atoms with E-state index in [0.29, 0.717) is 12.2 Å². The minimum absolute atomic E-state index is 0.0718. The first-order valence-electron chi connectivity index (χ1n) is 12.7. The van der Waals surface area contributed by atoms with Crippen LogP contribution >= 0.6 is 7.60 Å². The SMILES string of the molecule is O=C(NCCCOc1ccnc2ccccc12)C(Cc1ccc(C(F)(F)P(=O)(O)O)cc1)NS(=O)(=O)c1ccccc1. The largest absolute Gasteiger partial charge is 0.493 e. The molecule has 14 heteroatoms. The lowest BCUT2D eigenvalue weighted by Crippen LogP contribution is -2.48. The molecule has 1 amide bonds. The van der Waals surface area contributed by atoms with E-state index in [1.165, 1.54) is 24.3 Å². The van der Waals surface area contributed by atoms with Crippen LogP contribution in [0, 0.1) is 0 Å². The van der Waals surface area contributed by atoms with Crippen molar-refractivity contribution >= 4 is 34.4 Å². The number of nitrogens with one attached hydrogen (secondary N) is 2. The summed E-state index contributed by atoms with van der Waals surface area (Å²) in [5, 5.41) is 3.51. The average Bonchev–Trinajstić information content (AvgIpc) is 2.96.